The van der Waals surface area contributed by atoms with Crippen LogP contribution in [0.3, 0.4) is 0 Å². The van der Waals surface area contributed by atoms with E-state index in [0.717, 1.165) is 16.8 Å². The first kappa shape index (κ1) is 16.4. The van der Waals surface area contributed by atoms with Crippen LogP contribution in [0.25, 0.3) is 0 Å². The zero-order chi connectivity index (χ0) is 16.1. The summed E-state index contributed by atoms with van der Waals surface area (Å²) in [5.74, 6) is 0.657. The molecule has 0 spiro atoms. The van der Waals surface area contributed by atoms with Crippen molar-refractivity contribution in [3.63, 3.8) is 0 Å². The van der Waals surface area contributed by atoms with Gasteiger partial charge >= 0.3 is 0 Å². The van der Waals surface area contributed by atoms with Gasteiger partial charge in [-0.1, -0.05) is 30.7 Å². The molecule has 0 aliphatic heterocycles. The topological polar surface area (TPSA) is 38.3 Å². The highest BCUT2D eigenvalue weighted by molar-refractivity contribution is 6.32. The Kier molecular flexibility index (Phi) is 5.45. The number of nitrogens with one attached hydrogen (secondary N) is 1. The van der Waals surface area contributed by atoms with E-state index in [1.165, 1.54) is 0 Å². The molecule has 0 amide bonds. The maximum Gasteiger partial charge on any atom is 0.162 e. The van der Waals surface area contributed by atoms with Crippen LogP contribution in [0.4, 0.5) is 5.69 Å². The molecule has 0 unspecified atom stereocenters. The van der Waals surface area contributed by atoms with E-state index >= 15 is 0 Å². The zero-order valence-electron chi connectivity index (χ0n) is 13.1. The van der Waals surface area contributed by atoms with Gasteiger partial charge in [0.2, 0.25) is 0 Å². The van der Waals surface area contributed by atoms with Crippen molar-refractivity contribution >= 4 is 23.1 Å². The maximum atomic E-state index is 11.7. The first-order valence-corrected chi connectivity index (χ1v) is 7.66. The summed E-state index contributed by atoms with van der Waals surface area (Å²) in [5, 5.41) is 3.62. The van der Waals surface area contributed by atoms with E-state index < -0.39 is 0 Å². The molecule has 22 heavy (non-hydrogen) atoms. The van der Waals surface area contributed by atoms with Crippen molar-refractivity contribution in [1.82, 2.24) is 0 Å². The van der Waals surface area contributed by atoms with Crippen molar-refractivity contribution in [3.05, 3.63) is 58.1 Å². The summed E-state index contributed by atoms with van der Waals surface area (Å²) >= 11 is 6.22. The van der Waals surface area contributed by atoms with Gasteiger partial charge in [-0.3, -0.25) is 4.79 Å². The van der Waals surface area contributed by atoms with Gasteiger partial charge in [0.15, 0.2) is 5.78 Å². The molecule has 0 heterocycles. The monoisotopic (exact) mass is 317 g/mol. The van der Waals surface area contributed by atoms with Crippen molar-refractivity contribution in [2.75, 3.05) is 12.4 Å². The Balaban J connectivity index is 2.17. The Morgan fingerprint density at radius 2 is 2.05 bits per heavy atom. The molecule has 2 aromatic carbocycles. The minimum absolute atomic E-state index is 0.0739. The van der Waals surface area contributed by atoms with E-state index in [9.17, 15) is 4.79 Å². The number of ketones is 1. The Hall–Kier alpha value is -2.00. The van der Waals surface area contributed by atoms with E-state index in [1.807, 2.05) is 39.1 Å². The Labute approximate surface area is 136 Å². The largest absolute Gasteiger partial charge is 0.487 e. The third-order valence-electron chi connectivity index (χ3n) is 3.63. The van der Waals surface area contributed by atoms with E-state index in [4.69, 9.17) is 16.3 Å². The fourth-order valence-electron chi connectivity index (χ4n) is 2.27. The quantitative estimate of drug-likeness (QED) is 0.773. The lowest BCUT2D eigenvalue weighted by molar-refractivity contribution is 0.0988. The number of rotatable bonds is 6. The number of ether oxygens (including phenoxy) is 1. The van der Waals surface area contributed by atoms with E-state index in [2.05, 4.69) is 5.32 Å². The minimum atomic E-state index is 0.0739. The smallest absolute Gasteiger partial charge is 0.162 e. The van der Waals surface area contributed by atoms with Gasteiger partial charge in [0.1, 0.15) is 12.4 Å². The average Bonchev–Trinajstić information content (AvgIpc) is 2.53. The molecule has 0 bridgehead atoms. The van der Waals surface area contributed by atoms with Gasteiger partial charge in [-0.15, -0.1) is 0 Å². The van der Waals surface area contributed by atoms with Crippen LogP contribution in [-0.4, -0.2) is 12.8 Å². The first-order valence-electron chi connectivity index (χ1n) is 7.28. The lowest BCUT2D eigenvalue weighted by atomic mass is 10.1. The van der Waals surface area contributed by atoms with Crippen molar-refractivity contribution in [2.24, 2.45) is 0 Å². The number of aryl methyl sites for hydroxylation is 1. The van der Waals surface area contributed by atoms with Crippen LogP contribution >= 0.6 is 11.6 Å². The van der Waals surface area contributed by atoms with Gasteiger partial charge in [0.25, 0.3) is 0 Å². The van der Waals surface area contributed by atoms with Gasteiger partial charge in [-0.05, 0) is 36.8 Å². The molecule has 0 aromatic heterocycles. The highest BCUT2D eigenvalue weighted by Crippen LogP contribution is 2.28. The van der Waals surface area contributed by atoms with E-state index in [-0.39, 0.29) is 5.78 Å². The molecule has 2 aromatic rings. The predicted octanol–water partition coefficient (Wildman–Crippen LogP) is 4.86. The first-order chi connectivity index (χ1) is 10.6. The fourth-order valence-corrected chi connectivity index (χ4v) is 2.51. The number of carbonyl (C=O) groups is 1. The molecule has 2 rings (SSSR count). The number of halogens is 1. The van der Waals surface area contributed by atoms with Gasteiger partial charge < -0.3 is 10.1 Å². The molecular formula is C18H20ClNO2. The number of hydrogen-bond acceptors (Lipinski definition) is 3. The second-order valence-electron chi connectivity index (χ2n) is 5.06. The average molecular weight is 318 g/mol. The molecule has 0 saturated heterocycles. The summed E-state index contributed by atoms with van der Waals surface area (Å²) in [6.45, 7) is 4.30. The van der Waals surface area contributed by atoms with Crippen molar-refractivity contribution in [2.45, 2.75) is 26.9 Å². The standard InChI is InChI=1S/C18H20ClNO2/c1-4-17(21)13-8-9-18(15(19)10-13)22-11-14-12(2)6-5-7-16(14)20-3/h5-10,20H,4,11H2,1-3H3. The van der Waals surface area contributed by atoms with Gasteiger partial charge in [0.05, 0.1) is 5.02 Å². The Bertz CT molecular complexity index is 683. The number of Topliss-reactive ketones (excluding diaryl/α,β-unsaturated/α-hetero) is 1. The van der Waals surface area contributed by atoms with Gasteiger partial charge in [-0.25, -0.2) is 0 Å². The second-order valence-corrected chi connectivity index (χ2v) is 5.47. The summed E-state index contributed by atoms with van der Waals surface area (Å²) in [6.07, 6.45) is 0.464. The van der Waals surface area contributed by atoms with Crippen LogP contribution in [0.1, 0.15) is 34.8 Å². The predicted molar refractivity (Wildman–Crippen MR) is 91.1 cm³/mol. The third-order valence-corrected chi connectivity index (χ3v) is 3.92. The van der Waals surface area contributed by atoms with E-state index in [1.54, 1.807) is 18.2 Å². The van der Waals surface area contributed by atoms with Crippen LogP contribution in [0.2, 0.25) is 5.02 Å². The minimum Gasteiger partial charge on any atom is -0.487 e. The molecule has 0 radical (unpaired) electrons. The molecule has 0 aliphatic rings. The van der Waals surface area contributed by atoms with Gasteiger partial charge in [-0.2, -0.15) is 0 Å². The normalized spacial score (nSPS) is 10.4. The van der Waals surface area contributed by atoms with Crippen LogP contribution in [0, 0.1) is 6.92 Å². The number of hydrogen-bond donors (Lipinski definition) is 1. The van der Waals surface area contributed by atoms with Crippen molar-refractivity contribution < 1.29 is 9.53 Å². The van der Waals surface area contributed by atoms with E-state index in [0.29, 0.717) is 29.4 Å². The fraction of sp³-hybridized carbons (Fsp3) is 0.278. The van der Waals surface area contributed by atoms with Crippen molar-refractivity contribution in [1.29, 1.82) is 0 Å². The number of benzene rings is 2. The molecule has 116 valence electrons. The Morgan fingerprint density at radius 3 is 2.68 bits per heavy atom. The number of carbonyl (C=O) groups excluding carboxylic acids is 1. The van der Waals surface area contributed by atoms with Crippen LogP contribution < -0.4 is 10.1 Å². The van der Waals surface area contributed by atoms with Crippen LogP contribution in [-0.2, 0) is 6.61 Å². The lowest BCUT2D eigenvalue weighted by Crippen LogP contribution is -2.04. The molecule has 0 aliphatic carbocycles. The molecule has 0 atom stereocenters. The molecule has 0 saturated carbocycles. The molecule has 1 N–H and O–H groups in total. The third kappa shape index (κ3) is 3.60. The summed E-state index contributed by atoms with van der Waals surface area (Å²) in [6, 6.07) is 11.2. The summed E-state index contributed by atoms with van der Waals surface area (Å²) in [7, 11) is 1.89. The molecule has 0 fully saturated rings. The molecule has 3 nitrogen and oxygen atoms in total. The molecule has 4 heteroatoms. The van der Waals surface area contributed by atoms with Crippen LogP contribution in [0.15, 0.2) is 36.4 Å². The van der Waals surface area contributed by atoms with Gasteiger partial charge in [0, 0.05) is 30.3 Å². The zero-order valence-corrected chi connectivity index (χ0v) is 13.8. The van der Waals surface area contributed by atoms with Crippen molar-refractivity contribution in [3.8, 4) is 5.75 Å². The number of anilines is 1. The second kappa shape index (κ2) is 7.32. The highest BCUT2D eigenvalue weighted by Gasteiger charge is 2.10. The lowest BCUT2D eigenvalue weighted by Gasteiger charge is -2.14. The summed E-state index contributed by atoms with van der Waals surface area (Å²) in [5.41, 5.74) is 3.90. The highest BCUT2D eigenvalue weighted by atomic mass is 35.5. The Morgan fingerprint density at radius 1 is 1.27 bits per heavy atom. The molecular weight excluding hydrogens is 298 g/mol. The SMILES string of the molecule is CCC(=O)c1ccc(OCc2c(C)cccc2NC)c(Cl)c1. The summed E-state index contributed by atoms with van der Waals surface area (Å²) in [4.78, 5) is 11.7. The summed E-state index contributed by atoms with van der Waals surface area (Å²) < 4.78 is 5.83. The van der Waals surface area contributed by atoms with Crippen LogP contribution in [0.5, 0.6) is 5.75 Å². The maximum absolute atomic E-state index is 11.7.